The standard InChI is InChI=1S/C16H12N2O4.C4H9N/c1-9-13(14(18-22-9)10-5-3-2-4-6-10)15(19)11-7-12(16(20)21)17-8-11;5-4-2-1-3-4/h2-8,17H,1H3,(H,20,21);4H,1-3,5H2. The number of carbonyl (C=O) groups excluding carboxylic acids is 1. The molecule has 0 saturated heterocycles. The number of aromatic carboxylic acids is 1. The van der Waals surface area contributed by atoms with Crippen molar-refractivity contribution in [2.24, 2.45) is 5.73 Å². The minimum Gasteiger partial charge on any atom is -0.477 e. The van der Waals surface area contributed by atoms with E-state index in [1.54, 1.807) is 6.92 Å². The first-order valence-corrected chi connectivity index (χ1v) is 8.71. The van der Waals surface area contributed by atoms with Crippen LogP contribution in [0.1, 0.15) is 51.4 Å². The second-order valence-electron chi connectivity index (χ2n) is 6.46. The number of aromatic amines is 1. The van der Waals surface area contributed by atoms with E-state index in [9.17, 15) is 9.59 Å². The number of benzene rings is 1. The van der Waals surface area contributed by atoms with Crippen molar-refractivity contribution in [2.45, 2.75) is 32.2 Å². The molecule has 27 heavy (non-hydrogen) atoms. The molecule has 0 amide bonds. The van der Waals surface area contributed by atoms with Gasteiger partial charge in [0, 0.05) is 23.4 Å². The van der Waals surface area contributed by atoms with Gasteiger partial charge in [0.25, 0.3) is 0 Å². The van der Waals surface area contributed by atoms with Crippen molar-refractivity contribution in [1.82, 2.24) is 10.1 Å². The van der Waals surface area contributed by atoms with Gasteiger partial charge in [0.15, 0.2) is 5.78 Å². The lowest BCUT2D eigenvalue weighted by atomic mass is 9.95. The zero-order valence-electron chi connectivity index (χ0n) is 14.9. The van der Waals surface area contributed by atoms with Crippen molar-refractivity contribution in [1.29, 1.82) is 0 Å². The van der Waals surface area contributed by atoms with E-state index in [-0.39, 0.29) is 17.0 Å². The van der Waals surface area contributed by atoms with Gasteiger partial charge < -0.3 is 20.3 Å². The van der Waals surface area contributed by atoms with Crippen molar-refractivity contribution in [3.05, 3.63) is 65.2 Å². The summed E-state index contributed by atoms with van der Waals surface area (Å²) < 4.78 is 5.15. The highest BCUT2D eigenvalue weighted by Gasteiger charge is 2.24. The molecule has 2 heterocycles. The lowest BCUT2D eigenvalue weighted by Crippen LogP contribution is -2.27. The van der Waals surface area contributed by atoms with Crippen LogP contribution in [-0.2, 0) is 0 Å². The first-order valence-electron chi connectivity index (χ1n) is 8.71. The number of aryl methyl sites for hydroxylation is 1. The summed E-state index contributed by atoms with van der Waals surface area (Å²) in [5.74, 6) is -1.06. The van der Waals surface area contributed by atoms with E-state index in [2.05, 4.69) is 10.1 Å². The Bertz CT molecular complexity index is 939. The molecular formula is C20H21N3O4. The molecule has 0 bridgehead atoms. The van der Waals surface area contributed by atoms with E-state index in [0.29, 0.717) is 23.1 Å². The predicted octanol–water partition coefficient (Wildman–Crippen LogP) is 3.40. The van der Waals surface area contributed by atoms with Gasteiger partial charge in [0.1, 0.15) is 17.1 Å². The van der Waals surface area contributed by atoms with Gasteiger partial charge in [0.2, 0.25) is 0 Å². The molecule has 2 aromatic heterocycles. The van der Waals surface area contributed by atoms with Gasteiger partial charge in [-0.1, -0.05) is 41.9 Å². The summed E-state index contributed by atoms with van der Waals surface area (Å²) in [4.78, 5) is 26.1. The summed E-state index contributed by atoms with van der Waals surface area (Å²) >= 11 is 0. The Morgan fingerprint density at radius 3 is 2.44 bits per heavy atom. The number of hydrogen-bond donors (Lipinski definition) is 3. The number of nitrogens with zero attached hydrogens (tertiary/aromatic N) is 1. The van der Waals surface area contributed by atoms with Gasteiger partial charge in [-0.25, -0.2) is 4.79 Å². The second kappa shape index (κ2) is 8.01. The zero-order valence-corrected chi connectivity index (χ0v) is 14.9. The lowest BCUT2D eigenvalue weighted by Gasteiger charge is -2.18. The third kappa shape index (κ3) is 4.15. The summed E-state index contributed by atoms with van der Waals surface area (Å²) in [6, 6.07) is 11.1. The van der Waals surface area contributed by atoms with Crippen LogP contribution in [0.15, 0.2) is 47.1 Å². The SMILES string of the molecule is Cc1onc(-c2ccccc2)c1C(=O)c1c[nH]c(C(=O)O)c1.NC1CCC1. The average molecular weight is 367 g/mol. The largest absolute Gasteiger partial charge is 0.477 e. The fourth-order valence-corrected chi connectivity index (χ4v) is 2.67. The molecule has 4 N–H and O–H groups in total. The van der Waals surface area contributed by atoms with Crippen LogP contribution in [0.4, 0.5) is 0 Å². The molecule has 0 spiro atoms. The van der Waals surface area contributed by atoms with E-state index in [0.717, 1.165) is 5.56 Å². The third-order valence-electron chi connectivity index (χ3n) is 4.46. The molecule has 7 nitrogen and oxygen atoms in total. The number of hydrogen-bond acceptors (Lipinski definition) is 5. The number of carboxylic acid groups (broad SMARTS) is 1. The van der Waals surface area contributed by atoms with Crippen molar-refractivity contribution in [3.63, 3.8) is 0 Å². The minimum atomic E-state index is -1.12. The number of rotatable bonds is 4. The number of nitrogens with one attached hydrogen (secondary N) is 1. The maximum atomic E-state index is 12.6. The van der Waals surface area contributed by atoms with Crippen LogP contribution < -0.4 is 5.73 Å². The minimum absolute atomic E-state index is 0.0429. The first-order chi connectivity index (χ1) is 13.0. The summed E-state index contributed by atoms with van der Waals surface area (Å²) in [6.07, 6.45) is 5.26. The molecule has 0 unspecified atom stereocenters. The average Bonchev–Trinajstić information content (AvgIpc) is 3.28. The molecule has 1 fully saturated rings. The first kappa shape index (κ1) is 18.6. The van der Waals surface area contributed by atoms with Crippen LogP contribution in [0.25, 0.3) is 11.3 Å². The number of carbonyl (C=O) groups is 2. The second-order valence-corrected chi connectivity index (χ2v) is 6.46. The number of carboxylic acids is 1. The lowest BCUT2D eigenvalue weighted by molar-refractivity contribution is 0.0691. The molecule has 0 aliphatic heterocycles. The van der Waals surface area contributed by atoms with Crippen LogP contribution in [0.5, 0.6) is 0 Å². The quantitative estimate of drug-likeness (QED) is 0.607. The molecule has 0 radical (unpaired) electrons. The fraction of sp³-hybridized carbons (Fsp3) is 0.250. The summed E-state index contributed by atoms with van der Waals surface area (Å²) in [5, 5.41) is 12.9. The molecule has 7 heteroatoms. The van der Waals surface area contributed by atoms with Crippen LogP contribution >= 0.6 is 0 Å². The van der Waals surface area contributed by atoms with Crippen LogP contribution in [0.2, 0.25) is 0 Å². The van der Waals surface area contributed by atoms with Crippen molar-refractivity contribution >= 4 is 11.8 Å². The number of H-pyrrole nitrogens is 1. The molecule has 1 aliphatic carbocycles. The fourth-order valence-electron chi connectivity index (χ4n) is 2.67. The van der Waals surface area contributed by atoms with Gasteiger partial charge in [-0.05, 0) is 25.8 Å². The van der Waals surface area contributed by atoms with Crippen LogP contribution in [0.3, 0.4) is 0 Å². The highest BCUT2D eigenvalue weighted by atomic mass is 16.5. The molecule has 0 atom stereocenters. The van der Waals surface area contributed by atoms with Crippen LogP contribution in [-0.4, -0.2) is 33.0 Å². The molecule has 1 aromatic carbocycles. The maximum Gasteiger partial charge on any atom is 0.352 e. The Morgan fingerprint density at radius 1 is 1.26 bits per heavy atom. The third-order valence-corrected chi connectivity index (χ3v) is 4.46. The van der Waals surface area contributed by atoms with Gasteiger partial charge in [-0.15, -0.1) is 0 Å². The Balaban J connectivity index is 0.000000364. The smallest absolute Gasteiger partial charge is 0.352 e. The summed E-state index contributed by atoms with van der Waals surface area (Å²) in [7, 11) is 0. The molecule has 140 valence electrons. The highest BCUT2D eigenvalue weighted by molar-refractivity contribution is 6.13. The number of ketones is 1. The molecule has 1 aliphatic rings. The van der Waals surface area contributed by atoms with E-state index in [4.69, 9.17) is 15.4 Å². The van der Waals surface area contributed by atoms with E-state index < -0.39 is 5.97 Å². The molecular weight excluding hydrogens is 346 g/mol. The molecule has 3 aromatic rings. The zero-order chi connectivity index (χ0) is 19.4. The van der Waals surface area contributed by atoms with Gasteiger partial charge >= 0.3 is 5.97 Å². The monoisotopic (exact) mass is 367 g/mol. The summed E-state index contributed by atoms with van der Waals surface area (Å²) in [5.41, 5.74) is 7.13. The Morgan fingerprint density at radius 2 is 1.93 bits per heavy atom. The number of aromatic nitrogens is 2. The van der Waals surface area contributed by atoms with Crippen molar-refractivity contribution in [2.75, 3.05) is 0 Å². The van der Waals surface area contributed by atoms with Gasteiger partial charge in [-0.3, -0.25) is 4.79 Å². The maximum absolute atomic E-state index is 12.6. The summed E-state index contributed by atoms with van der Waals surface area (Å²) in [6.45, 7) is 1.65. The van der Waals surface area contributed by atoms with E-state index >= 15 is 0 Å². The molecule has 1 saturated carbocycles. The topological polar surface area (TPSA) is 122 Å². The Hall–Kier alpha value is -3.19. The predicted molar refractivity (Wildman–Crippen MR) is 99.7 cm³/mol. The van der Waals surface area contributed by atoms with Gasteiger partial charge in [0.05, 0.1) is 5.56 Å². The van der Waals surface area contributed by atoms with E-state index in [1.165, 1.54) is 31.5 Å². The molecule has 4 rings (SSSR count). The normalized spacial score (nSPS) is 13.4. The Kier molecular flexibility index (Phi) is 5.52. The van der Waals surface area contributed by atoms with Crippen molar-refractivity contribution < 1.29 is 19.2 Å². The van der Waals surface area contributed by atoms with Gasteiger partial charge in [-0.2, -0.15) is 0 Å². The van der Waals surface area contributed by atoms with E-state index in [1.807, 2.05) is 30.3 Å². The number of nitrogens with two attached hydrogens (primary N) is 1. The highest BCUT2D eigenvalue weighted by Crippen LogP contribution is 2.27. The van der Waals surface area contributed by atoms with Crippen LogP contribution in [0, 0.1) is 6.92 Å². The Labute approximate surface area is 156 Å². The van der Waals surface area contributed by atoms with Crippen molar-refractivity contribution in [3.8, 4) is 11.3 Å².